The highest BCUT2D eigenvalue weighted by atomic mass is 16.5. The first kappa shape index (κ1) is 15.4. The summed E-state index contributed by atoms with van der Waals surface area (Å²) in [4.78, 5) is 25.7. The second-order valence-electron chi connectivity index (χ2n) is 5.21. The number of hydrogen-bond acceptors (Lipinski definition) is 3. The average molecular weight is 290 g/mol. The fourth-order valence-electron chi connectivity index (χ4n) is 2.51. The second kappa shape index (κ2) is 7.67. The van der Waals surface area contributed by atoms with Crippen molar-refractivity contribution in [2.45, 2.75) is 25.7 Å². The summed E-state index contributed by atoms with van der Waals surface area (Å²) in [6.07, 6.45) is 3.52. The number of ether oxygens (including phenoxy) is 1. The van der Waals surface area contributed by atoms with E-state index in [9.17, 15) is 9.59 Å². The van der Waals surface area contributed by atoms with E-state index in [1.807, 2.05) is 29.2 Å². The molecule has 0 saturated carbocycles. The molecule has 0 atom stereocenters. The van der Waals surface area contributed by atoms with E-state index in [2.05, 4.69) is 5.32 Å². The molecule has 0 bridgehead atoms. The van der Waals surface area contributed by atoms with Crippen LogP contribution in [0.1, 0.15) is 24.8 Å². The van der Waals surface area contributed by atoms with E-state index in [-0.39, 0.29) is 24.8 Å². The van der Waals surface area contributed by atoms with Crippen molar-refractivity contribution in [3.63, 3.8) is 0 Å². The van der Waals surface area contributed by atoms with Crippen molar-refractivity contribution in [3.05, 3.63) is 29.8 Å². The summed E-state index contributed by atoms with van der Waals surface area (Å²) in [5.41, 5.74) is 0.822. The van der Waals surface area contributed by atoms with Crippen LogP contribution in [-0.2, 0) is 16.0 Å². The normalized spacial score (nSPS) is 14.6. The molecule has 5 heteroatoms. The highest BCUT2D eigenvalue weighted by Gasteiger charge is 2.17. The maximum atomic E-state index is 12.0. The predicted octanol–water partition coefficient (Wildman–Crippen LogP) is 1.37. The highest BCUT2D eigenvalue weighted by molar-refractivity contribution is 5.86. The van der Waals surface area contributed by atoms with E-state index in [4.69, 9.17) is 4.74 Å². The van der Waals surface area contributed by atoms with Crippen LogP contribution < -0.4 is 10.1 Å². The van der Waals surface area contributed by atoms with Crippen LogP contribution in [0.5, 0.6) is 5.75 Å². The largest absolute Gasteiger partial charge is 0.496 e. The Kier molecular flexibility index (Phi) is 5.60. The Morgan fingerprint density at radius 2 is 1.90 bits per heavy atom. The number of nitrogens with one attached hydrogen (secondary N) is 1. The zero-order chi connectivity index (χ0) is 15.1. The molecule has 2 amide bonds. The molecule has 0 aromatic heterocycles. The van der Waals surface area contributed by atoms with Gasteiger partial charge in [0, 0.05) is 18.7 Å². The lowest BCUT2D eigenvalue weighted by Crippen LogP contribution is -2.42. The van der Waals surface area contributed by atoms with Gasteiger partial charge in [0.1, 0.15) is 5.75 Å². The number of benzene rings is 1. The topological polar surface area (TPSA) is 58.6 Å². The van der Waals surface area contributed by atoms with Crippen LogP contribution in [0.2, 0.25) is 0 Å². The van der Waals surface area contributed by atoms with E-state index < -0.39 is 0 Å². The number of amides is 2. The van der Waals surface area contributed by atoms with Gasteiger partial charge in [-0.15, -0.1) is 0 Å². The zero-order valence-electron chi connectivity index (χ0n) is 12.4. The summed E-state index contributed by atoms with van der Waals surface area (Å²) in [7, 11) is 1.58. The number of methoxy groups -OCH3 is 1. The molecule has 1 aromatic carbocycles. The van der Waals surface area contributed by atoms with Gasteiger partial charge in [0.2, 0.25) is 11.8 Å². The molecule has 1 heterocycles. The highest BCUT2D eigenvalue weighted by Crippen LogP contribution is 2.17. The first-order valence-electron chi connectivity index (χ1n) is 7.37. The van der Waals surface area contributed by atoms with Crippen LogP contribution in [-0.4, -0.2) is 43.5 Å². The standard InChI is InChI=1S/C16H22N2O3/c1-21-14-8-4-3-7-13(14)11-15(19)17-12-16(20)18-9-5-2-6-10-18/h3-4,7-8H,2,5-6,9-12H2,1H3,(H,17,19). The van der Waals surface area contributed by atoms with Gasteiger partial charge in [0.05, 0.1) is 20.1 Å². The van der Waals surface area contributed by atoms with Crippen LogP contribution in [0, 0.1) is 0 Å². The third kappa shape index (κ3) is 4.48. The minimum Gasteiger partial charge on any atom is -0.496 e. The van der Waals surface area contributed by atoms with E-state index in [0.717, 1.165) is 31.5 Å². The lowest BCUT2D eigenvalue weighted by molar-refractivity contribution is -0.133. The molecule has 1 aliphatic rings. The number of hydrogen-bond donors (Lipinski definition) is 1. The summed E-state index contributed by atoms with van der Waals surface area (Å²) in [5, 5.41) is 2.69. The minimum absolute atomic E-state index is 0.00285. The molecule has 0 spiro atoms. The molecule has 1 saturated heterocycles. The molecule has 1 N–H and O–H groups in total. The van der Waals surface area contributed by atoms with Crippen molar-refractivity contribution in [1.29, 1.82) is 0 Å². The Morgan fingerprint density at radius 3 is 2.62 bits per heavy atom. The van der Waals surface area contributed by atoms with Crippen LogP contribution in [0.15, 0.2) is 24.3 Å². The molecule has 5 nitrogen and oxygen atoms in total. The molecule has 0 radical (unpaired) electrons. The van der Waals surface area contributed by atoms with Crippen LogP contribution in [0.3, 0.4) is 0 Å². The first-order valence-corrected chi connectivity index (χ1v) is 7.37. The molecule has 1 aromatic rings. The number of carbonyl (C=O) groups is 2. The molecule has 2 rings (SSSR count). The molecule has 0 aliphatic carbocycles. The number of para-hydroxylation sites is 1. The summed E-state index contributed by atoms with van der Waals surface area (Å²) >= 11 is 0. The summed E-state index contributed by atoms with van der Waals surface area (Å²) in [6, 6.07) is 7.40. The maximum Gasteiger partial charge on any atom is 0.241 e. The molecule has 1 aliphatic heterocycles. The molecule has 1 fully saturated rings. The number of likely N-dealkylation sites (tertiary alicyclic amines) is 1. The Labute approximate surface area is 125 Å². The molecule has 0 unspecified atom stereocenters. The number of nitrogens with zero attached hydrogens (tertiary/aromatic N) is 1. The van der Waals surface area contributed by atoms with Gasteiger partial charge in [-0.1, -0.05) is 18.2 Å². The van der Waals surface area contributed by atoms with Crippen LogP contribution in [0.4, 0.5) is 0 Å². The van der Waals surface area contributed by atoms with Crippen molar-refractivity contribution in [2.75, 3.05) is 26.7 Å². The third-order valence-electron chi connectivity index (χ3n) is 3.69. The van der Waals surface area contributed by atoms with E-state index in [1.54, 1.807) is 7.11 Å². The van der Waals surface area contributed by atoms with Gasteiger partial charge in [-0.3, -0.25) is 9.59 Å². The van der Waals surface area contributed by atoms with Gasteiger partial charge in [-0.25, -0.2) is 0 Å². The number of carbonyl (C=O) groups excluding carboxylic acids is 2. The van der Waals surface area contributed by atoms with Crippen molar-refractivity contribution in [3.8, 4) is 5.75 Å². The quantitative estimate of drug-likeness (QED) is 0.891. The van der Waals surface area contributed by atoms with Crippen molar-refractivity contribution in [2.24, 2.45) is 0 Å². The predicted molar refractivity (Wildman–Crippen MR) is 80.1 cm³/mol. The number of piperidine rings is 1. The van der Waals surface area contributed by atoms with Crippen LogP contribution in [0.25, 0.3) is 0 Å². The minimum atomic E-state index is -0.162. The Bertz CT molecular complexity index is 496. The van der Waals surface area contributed by atoms with Gasteiger partial charge >= 0.3 is 0 Å². The maximum absolute atomic E-state index is 12.0. The van der Waals surface area contributed by atoms with Gasteiger partial charge in [0.15, 0.2) is 0 Å². The van der Waals surface area contributed by atoms with Gasteiger partial charge < -0.3 is 15.0 Å². The summed E-state index contributed by atoms with van der Waals surface area (Å²) in [6.45, 7) is 1.69. The zero-order valence-corrected chi connectivity index (χ0v) is 12.4. The monoisotopic (exact) mass is 290 g/mol. The lowest BCUT2D eigenvalue weighted by Gasteiger charge is -2.26. The molecular weight excluding hydrogens is 268 g/mol. The van der Waals surface area contributed by atoms with E-state index in [0.29, 0.717) is 5.75 Å². The first-order chi connectivity index (χ1) is 10.2. The molecule has 114 valence electrons. The fraction of sp³-hybridized carbons (Fsp3) is 0.500. The average Bonchev–Trinajstić information content (AvgIpc) is 2.54. The smallest absolute Gasteiger partial charge is 0.241 e. The van der Waals surface area contributed by atoms with Crippen molar-refractivity contribution >= 4 is 11.8 Å². The molecule has 21 heavy (non-hydrogen) atoms. The second-order valence-corrected chi connectivity index (χ2v) is 5.21. The fourth-order valence-corrected chi connectivity index (χ4v) is 2.51. The summed E-state index contributed by atoms with van der Waals surface area (Å²) < 4.78 is 5.21. The van der Waals surface area contributed by atoms with Gasteiger partial charge in [-0.2, -0.15) is 0 Å². The summed E-state index contributed by atoms with van der Waals surface area (Å²) in [5.74, 6) is 0.531. The Balaban J connectivity index is 1.80. The Hall–Kier alpha value is -2.04. The van der Waals surface area contributed by atoms with E-state index >= 15 is 0 Å². The SMILES string of the molecule is COc1ccccc1CC(=O)NCC(=O)N1CCCCC1. The van der Waals surface area contributed by atoms with Gasteiger partial charge in [-0.05, 0) is 25.3 Å². The van der Waals surface area contributed by atoms with Crippen molar-refractivity contribution < 1.29 is 14.3 Å². The van der Waals surface area contributed by atoms with Crippen molar-refractivity contribution in [1.82, 2.24) is 10.2 Å². The lowest BCUT2D eigenvalue weighted by atomic mass is 10.1. The number of rotatable bonds is 5. The van der Waals surface area contributed by atoms with Crippen LogP contribution >= 0.6 is 0 Å². The third-order valence-corrected chi connectivity index (χ3v) is 3.69. The molecular formula is C16H22N2O3. The Morgan fingerprint density at radius 1 is 1.19 bits per heavy atom. The van der Waals surface area contributed by atoms with Gasteiger partial charge in [0.25, 0.3) is 0 Å². The van der Waals surface area contributed by atoms with E-state index in [1.165, 1.54) is 6.42 Å².